The molecule has 0 amide bonds. The Hall–Kier alpha value is -3.75. The molecule has 0 fully saturated rings. The summed E-state index contributed by atoms with van der Waals surface area (Å²) in [4.78, 5) is 37.3. The van der Waals surface area contributed by atoms with E-state index in [4.69, 9.17) is 14.2 Å². The zero-order chi connectivity index (χ0) is 49.9. The second-order valence-electron chi connectivity index (χ2n) is 19.1. The smallest absolute Gasteiger partial charge is 0.362 e. The van der Waals surface area contributed by atoms with E-state index >= 15 is 0 Å². The number of hydrogen-bond acceptors (Lipinski definition) is 6. The zero-order valence-electron chi connectivity index (χ0n) is 44.3. The first-order chi connectivity index (χ1) is 33.1. The Morgan fingerprint density at radius 2 is 0.779 bits per heavy atom. The second-order valence-corrected chi connectivity index (χ2v) is 19.1. The Labute approximate surface area is 417 Å². The summed E-state index contributed by atoms with van der Waals surface area (Å²) in [5, 5.41) is 9.67. The van der Waals surface area contributed by atoms with Crippen molar-refractivity contribution in [1.82, 2.24) is 0 Å². The molecule has 0 aliphatic heterocycles. The van der Waals surface area contributed by atoms with Gasteiger partial charge in [0.1, 0.15) is 6.61 Å². The standard InChI is InChI=1S/C60H101NO7/c1-6-8-10-12-14-16-18-20-22-24-26-28-29-31-32-34-36-38-40-42-44-46-48-50-58(62)67-55-56(54-66-53-52-57(60(64)65)61(3,4)5)68-59(63)51-49-47-45-43-41-39-37-35-33-30-27-25-23-21-19-17-15-13-11-9-7-2/h8-11,14-17,20-23,26,28,31-32,56-57H,6-7,12-13,18-19,24-25,27,29-30,33-55H2,1-5H3/p+1/b10-8+,11-9+,16-14+,17-15+,22-20+,23-21+,28-26+,32-31+. The Kier molecular flexibility index (Phi) is 46.9. The highest BCUT2D eigenvalue weighted by molar-refractivity contribution is 5.72. The largest absolute Gasteiger partial charge is 0.477 e. The molecule has 0 radical (unpaired) electrons. The van der Waals surface area contributed by atoms with E-state index in [2.05, 4.69) is 111 Å². The number of carbonyl (C=O) groups excluding carboxylic acids is 2. The first kappa shape index (κ1) is 64.2. The van der Waals surface area contributed by atoms with Gasteiger partial charge in [0, 0.05) is 19.3 Å². The van der Waals surface area contributed by atoms with Crippen LogP contribution < -0.4 is 0 Å². The van der Waals surface area contributed by atoms with E-state index in [1.54, 1.807) is 0 Å². The van der Waals surface area contributed by atoms with Gasteiger partial charge >= 0.3 is 17.9 Å². The third kappa shape index (κ3) is 47.3. The number of rotatable bonds is 48. The summed E-state index contributed by atoms with van der Waals surface area (Å²) in [6.45, 7) is 4.51. The molecule has 0 aromatic heterocycles. The molecule has 0 aliphatic rings. The highest BCUT2D eigenvalue weighted by atomic mass is 16.6. The Morgan fingerprint density at radius 1 is 0.441 bits per heavy atom. The Bertz CT molecular complexity index is 1430. The van der Waals surface area contributed by atoms with Gasteiger partial charge in [0.15, 0.2) is 12.1 Å². The lowest BCUT2D eigenvalue weighted by molar-refractivity contribution is -0.887. The molecule has 0 saturated carbocycles. The van der Waals surface area contributed by atoms with Crippen LogP contribution in [0.5, 0.6) is 0 Å². The molecule has 8 nitrogen and oxygen atoms in total. The van der Waals surface area contributed by atoms with Crippen LogP contribution in [-0.2, 0) is 28.6 Å². The van der Waals surface area contributed by atoms with Gasteiger partial charge in [-0.15, -0.1) is 0 Å². The van der Waals surface area contributed by atoms with Crippen LogP contribution in [0.25, 0.3) is 0 Å². The molecule has 0 rings (SSSR count). The summed E-state index contributed by atoms with van der Waals surface area (Å²) in [5.41, 5.74) is 0. The minimum Gasteiger partial charge on any atom is -0.477 e. The van der Waals surface area contributed by atoms with Crippen molar-refractivity contribution in [1.29, 1.82) is 0 Å². The van der Waals surface area contributed by atoms with Crippen molar-refractivity contribution in [3.63, 3.8) is 0 Å². The molecular formula is C60H102NO7+. The number of hydrogen-bond donors (Lipinski definition) is 1. The number of unbranched alkanes of at least 4 members (excludes halogenated alkanes) is 18. The summed E-state index contributed by atoms with van der Waals surface area (Å²) >= 11 is 0. The van der Waals surface area contributed by atoms with Gasteiger partial charge in [-0.2, -0.15) is 0 Å². The number of quaternary nitrogens is 1. The van der Waals surface area contributed by atoms with Gasteiger partial charge in [0.05, 0.1) is 34.4 Å². The van der Waals surface area contributed by atoms with Crippen molar-refractivity contribution in [2.24, 2.45) is 0 Å². The van der Waals surface area contributed by atoms with Gasteiger partial charge in [-0.05, 0) is 89.9 Å². The number of allylic oxidation sites excluding steroid dienone is 16. The number of likely N-dealkylation sites (N-methyl/N-ethyl adjacent to an activating group) is 1. The number of carboxylic acids is 1. The number of nitrogens with zero attached hydrogens (tertiary/aromatic N) is 1. The molecule has 0 saturated heterocycles. The lowest BCUT2D eigenvalue weighted by atomic mass is 10.0. The predicted molar refractivity (Wildman–Crippen MR) is 289 cm³/mol. The average molecular weight is 949 g/mol. The van der Waals surface area contributed by atoms with E-state index < -0.39 is 18.1 Å². The van der Waals surface area contributed by atoms with Crippen LogP contribution in [0.15, 0.2) is 97.2 Å². The molecule has 0 heterocycles. The number of esters is 2. The molecule has 0 aliphatic carbocycles. The van der Waals surface area contributed by atoms with Crippen molar-refractivity contribution in [2.45, 2.75) is 225 Å². The Morgan fingerprint density at radius 3 is 1.15 bits per heavy atom. The third-order valence-electron chi connectivity index (χ3n) is 11.7. The van der Waals surface area contributed by atoms with Gasteiger partial charge in [0.25, 0.3) is 0 Å². The number of carbonyl (C=O) groups is 3. The molecular weight excluding hydrogens is 847 g/mol. The molecule has 0 aromatic carbocycles. The summed E-state index contributed by atoms with van der Waals surface area (Å²) in [6.07, 6.45) is 67.4. The van der Waals surface area contributed by atoms with E-state index in [1.165, 1.54) is 83.5 Å². The van der Waals surface area contributed by atoms with Crippen LogP contribution in [0, 0.1) is 0 Å². The average Bonchev–Trinajstić information content (AvgIpc) is 3.30. The van der Waals surface area contributed by atoms with Crippen molar-refractivity contribution in [3.05, 3.63) is 97.2 Å². The molecule has 8 heteroatoms. The van der Waals surface area contributed by atoms with E-state index in [1.807, 2.05) is 21.1 Å². The monoisotopic (exact) mass is 949 g/mol. The van der Waals surface area contributed by atoms with Crippen LogP contribution in [0.4, 0.5) is 0 Å². The first-order valence-electron chi connectivity index (χ1n) is 27.3. The minimum atomic E-state index is -0.879. The maximum absolute atomic E-state index is 12.8. The zero-order valence-corrected chi connectivity index (χ0v) is 44.3. The van der Waals surface area contributed by atoms with Gasteiger partial charge < -0.3 is 23.8 Å². The third-order valence-corrected chi connectivity index (χ3v) is 11.7. The lowest BCUT2D eigenvalue weighted by Crippen LogP contribution is -2.50. The highest BCUT2D eigenvalue weighted by Gasteiger charge is 2.31. The summed E-state index contributed by atoms with van der Waals surface area (Å²) in [5.74, 6) is -1.49. The molecule has 0 aromatic rings. The van der Waals surface area contributed by atoms with Crippen molar-refractivity contribution >= 4 is 17.9 Å². The highest BCUT2D eigenvalue weighted by Crippen LogP contribution is 2.15. The number of aliphatic carboxylic acids is 1. The maximum Gasteiger partial charge on any atom is 0.362 e. The van der Waals surface area contributed by atoms with Gasteiger partial charge in [0.2, 0.25) is 0 Å². The van der Waals surface area contributed by atoms with Crippen LogP contribution in [0.3, 0.4) is 0 Å². The molecule has 2 atom stereocenters. The van der Waals surface area contributed by atoms with Gasteiger partial charge in [-0.3, -0.25) is 9.59 Å². The molecule has 388 valence electrons. The molecule has 0 spiro atoms. The van der Waals surface area contributed by atoms with E-state index in [0.29, 0.717) is 19.3 Å². The fraction of sp³-hybridized carbons (Fsp3) is 0.683. The maximum atomic E-state index is 12.8. The Balaban J connectivity index is 4.24. The van der Waals surface area contributed by atoms with Crippen LogP contribution in [0.2, 0.25) is 0 Å². The van der Waals surface area contributed by atoms with Crippen LogP contribution in [0.1, 0.15) is 213 Å². The predicted octanol–water partition coefficient (Wildman–Crippen LogP) is 16.2. The second kappa shape index (κ2) is 49.7. The van der Waals surface area contributed by atoms with Gasteiger partial charge in [-0.1, -0.05) is 201 Å². The first-order valence-corrected chi connectivity index (χ1v) is 27.3. The molecule has 68 heavy (non-hydrogen) atoms. The summed E-state index contributed by atoms with van der Waals surface area (Å²) in [7, 11) is 5.53. The van der Waals surface area contributed by atoms with Crippen molar-refractivity contribution < 1.29 is 38.2 Å². The van der Waals surface area contributed by atoms with E-state index in [-0.39, 0.29) is 36.2 Å². The molecule has 2 unspecified atom stereocenters. The van der Waals surface area contributed by atoms with E-state index in [0.717, 1.165) is 96.3 Å². The fourth-order valence-corrected chi connectivity index (χ4v) is 7.60. The molecule has 1 N–H and O–H groups in total. The summed E-state index contributed by atoms with van der Waals surface area (Å²) < 4.78 is 17.4. The quantitative estimate of drug-likeness (QED) is 0.0281. The van der Waals surface area contributed by atoms with Crippen LogP contribution in [-0.4, -0.2) is 80.6 Å². The SMILES string of the molecule is CC/C=C/C/C=C/C/C=C/C/C=C/C/C=C/CCCCCCCCCC(=O)OCC(COCCC(C(=O)O)[N+](C)(C)C)OC(=O)CCCCCCCCCCCCC/C=C/C/C=C/C/C=C/CC. The molecule has 0 bridgehead atoms. The number of carboxylic acid groups (broad SMARTS) is 1. The van der Waals surface area contributed by atoms with Gasteiger partial charge in [-0.25, -0.2) is 4.79 Å². The lowest BCUT2D eigenvalue weighted by Gasteiger charge is -2.31. The minimum absolute atomic E-state index is 0.0517. The van der Waals surface area contributed by atoms with E-state index in [9.17, 15) is 19.5 Å². The van der Waals surface area contributed by atoms with Crippen molar-refractivity contribution in [2.75, 3.05) is 41.0 Å². The summed E-state index contributed by atoms with van der Waals surface area (Å²) in [6, 6.07) is -0.623. The van der Waals surface area contributed by atoms with Crippen LogP contribution >= 0.6 is 0 Å². The topological polar surface area (TPSA) is 99.1 Å². The normalized spacial score (nSPS) is 13.6. The number of ether oxygens (including phenoxy) is 3. The van der Waals surface area contributed by atoms with Crippen molar-refractivity contribution in [3.8, 4) is 0 Å². The fourth-order valence-electron chi connectivity index (χ4n) is 7.60.